The number of hydrogen-bond donors (Lipinski definition) is 1. The van der Waals surface area contributed by atoms with E-state index >= 15 is 0 Å². The van der Waals surface area contributed by atoms with E-state index in [1.165, 1.54) is 11.6 Å². The van der Waals surface area contributed by atoms with E-state index in [1.54, 1.807) is 36.0 Å². The van der Waals surface area contributed by atoms with Crippen LogP contribution < -0.4 is 5.32 Å². The molecule has 6 nitrogen and oxygen atoms in total. The lowest BCUT2D eigenvalue weighted by Crippen LogP contribution is -2.14. The van der Waals surface area contributed by atoms with Crippen molar-refractivity contribution in [2.75, 3.05) is 17.3 Å². The monoisotopic (exact) mass is 413 g/mol. The number of rotatable bonds is 7. The first-order chi connectivity index (χ1) is 13.4. The average molecular weight is 414 g/mol. The van der Waals surface area contributed by atoms with Gasteiger partial charge in [0, 0.05) is 23.3 Å². The van der Waals surface area contributed by atoms with Gasteiger partial charge in [-0.05, 0) is 29.8 Å². The Labute approximate surface area is 168 Å². The molecular formula is C20H19N3O3S2. The zero-order chi connectivity index (χ0) is 20.0. The molecule has 2 aromatic carbocycles. The molecule has 0 saturated carbocycles. The second kappa shape index (κ2) is 8.99. The lowest BCUT2D eigenvalue weighted by molar-refractivity contribution is -0.113. The normalized spacial score (nSPS) is 11.2. The van der Waals surface area contributed by atoms with Crippen LogP contribution in [0.4, 0.5) is 5.69 Å². The molecule has 0 bridgehead atoms. The van der Waals surface area contributed by atoms with Crippen molar-refractivity contribution in [2.45, 2.75) is 10.8 Å². The number of thioether (sulfide) groups is 1. The zero-order valence-electron chi connectivity index (χ0n) is 15.2. The Kier molecular flexibility index (Phi) is 6.43. The van der Waals surface area contributed by atoms with Crippen molar-refractivity contribution in [3.8, 4) is 11.3 Å². The van der Waals surface area contributed by atoms with Crippen LogP contribution in [0.5, 0.6) is 0 Å². The van der Waals surface area contributed by atoms with Gasteiger partial charge in [-0.3, -0.25) is 4.79 Å². The lowest BCUT2D eigenvalue weighted by Gasteiger charge is -2.07. The van der Waals surface area contributed by atoms with Crippen LogP contribution in [-0.4, -0.2) is 36.5 Å². The summed E-state index contributed by atoms with van der Waals surface area (Å²) in [5.41, 5.74) is 3.10. The molecule has 0 aliphatic carbocycles. The number of aromatic nitrogens is 2. The molecule has 8 heteroatoms. The molecule has 0 saturated heterocycles. The maximum atomic E-state index is 12.2. The van der Waals surface area contributed by atoms with Gasteiger partial charge in [-0.25, -0.2) is 8.42 Å². The van der Waals surface area contributed by atoms with Gasteiger partial charge in [0.2, 0.25) is 5.91 Å². The zero-order valence-corrected chi connectivity index (χ0v) is 16.8. The largest absolute Gasteiger partial charge is 0.325 e. The first-order valence-electron chi connectivity index (χ1n) is 8.47. The first-order valence-corrected chi connectivity index (χ1v) is 11.5. The molecule has 0 radical (unpaired) electrons. The Morgan fingerprint density at radius 1 is 1.00 bits per heavy atom. The van der Waals surface area contributed by atoms with Gasteiger partial charge >= 0.3 is 0 Å². The summed E-state index contributed by atoms with van der Waals surface area (Å²) in [7, 11) is -3.39. The third-order valence-electron chi connectivity index (χ3n) is 3.81. The minimum Gasteiger partial charge on any atom is -0.325 e. The molecule has 0 unspecified atom stereocenters. The van der Waals surface area contributed by atoms with E-state index in [2.05, 4.69) is 15.5 Å². The molecule has 3 rings (SSSR count). The van der Waals surface area contributed by atoms with Gasteiger partial charge in [-0.1, -0.05) is 42.5 Å². The van der Waals surface area contributed by atoms with Gasteiger partial charge in [0.05, 0.1) is 11.4 Å². The third kappa shape index (κ3) is 5.64. The highest BCUT2D eigenvalue weighted by molar-refractivity contribution is 7.99. The van der Waals surface area contributed by atoms with Crippen LogP contribution in [0.2, 0.25) is 0 Å². The molecule has 0 spiro atoms. The highest BCUT2D eigenvalue weighted by Gasteiger charge is 2.11. The first kappa shape index (κ1) is 20.0. The number of benzene rings is 2. The SMILES string of the molecule is CS(=O)(=O)c1ccc(-c2cccc(NC(=O)CSCc3ccccc3)c2)nn1. The number of carbonyl (C=O) groups excluding carboxylic acids is 1. The van der Waals surface area contributed by atoms with Crippen LogP contribution in [0.1, 0.15) is 5.56 Å². The van der Waals surface area contributed by atoms with Gasteiger partial charge in [-0.15, -0.1) is 22.0 Å². The maximum absolute atomic E-state index is 12.2. The molecule has 28 heavy (non-hydrogen) atoms. The summed E-state index contributed by atoms with van der Waals surface area (Å²) < 4.78 is 23.0. The summed E-state index contributed by atoms with van der Waals surface area (Å²) in [6.45, 7) is 0. The molecule has 1 aromatic heterocycles. The number of anilines is 1. The van der Waals surface area contributed by atoms with Gasteiger partial charge < -0.3 is 5.32 Å². The summed E-state index contributed by atoms with van der Waals surface area (Å²) in [4.78, 5) is 12.2. The van der Waals surface area contributed by atoms with E-state index in [0.717, 1.165) is 17.6 Å². The molecule has 1 N–H and O–H groups in total. The quantitative estimate of drug-likeness (QED) is 0.638. The fraction of sp³-hybridized carbons (Fsp3) is 0.150. The van der Waals surface area contributed by atoms with Crippen molar-refractivity contribution >= 4 is 33.2 Å². The summed E-state index contributed by atoms with van der Waals surface area (Å²) in [5, 5.41) is 10.5. The van der Waals surface area contributed by atoms with Crippen LogP contribution in [-0.2, 0) is 20.4 Å². The smallest absolute Gasteiger partial charge is 0.234 e. The Balaban J connectivity index is 1.60. The maximum Gasteiger partial charge on any atom is 0.234 e. The van der Waals surface area contributed by atoms with Crippen LogP contribution in [0.15, 0.2) is 71.8 Å². The fourth-order valence-corrected chi connectivity index (χ4v) is 3.75. The summed E-state index contributed by atoms with van der Waals surface area (Å²) >= 11 is 1.55. The van der Waals surface area contributed by atoms with Crippen molar-refractivity contribution in [1.82, 2.24) is 10.2 Å². The average Bonchev–Trinajstić information content (AvgIpc) is 2.68. The third-order valence-corrected chi connectivity index (χ3v) is 5.79. The van der Waals surface area contributed by atoms with Crippen LogP contribution in [0, 0.1) is 0 Å². The Hall–Kier alpha value is -2.71. The van der Waals surface area contributed by atoms with Gasteiger partial charge in [-0.2, -0.15) is 0 Å². The van der Waals surface area contributed by atoms with Crippen molar-refractivity contribution in [3.05, 3.63) is 72.3 Å². The molecule has 0 fully saturated rings. The fourth-order valence-electron chi connectivity index (χ4n) is 2.46. The predicted octanol–water partition coefficient (Wildman–Crippen LogP) is 3.42. The molecular weight excluding hydrogens is 394 g/mol. The minimum atomic E-state index is -3.39. The van der Waals surface area contributed by atoms with E-state index in [9.17, 15) is 13.2 Å². The minimum absolute atomic E-state index is 0.0730. The van der Waals surface area contributed by atoms with Gasteiger partial charge in [0.25, 0.3) is 0 Å². The van der Waals surface area contributed by atoms with Crippen molar-refractivity contribution in [2.24, 2.45) is 0 Å². The summed E-state index contributed by atoms with van der Waals surface area (Å²) in [6, 6.07) is 20.2. The topological polar surface area (TPSA) is 89.0 Å². The van der Waals surface area contributed by atoms with E-state index in [-0.39, 0.29) is 10.9 Å². The molecule has 0 atom stereocenters. The standard InChI is InChI=1S/C20H19N3O3S2/c1-28(25,26)20-11-10-18(22-23-20)16-8-5-9-17(12-16)21-19(24)14-27-13-15-6-3-2-4-7-15/h2-12H,13-14H2,1H3,(H,21,24). The molecule has 0 aliphatic heterocycles. The number of carbonyl (C=O) groups is 1. The highest BCUT2D eigenvalue weighted by atomic mass is 32.2. The van der Waals surface area contributed by atoms with E-state index < -0.39 is 9.84 Å². The Morgan fingerprint density at radius 2 is 1.79 bits per heavy atom. The number of amides is 1. The molecule has 3 aromatic rings. The predicted molar refractivity (Wildman–Crippen MR) is 112 cm³/mol. The number of nitrogens with zero attached hydrogens (tertiary/aromatic N) is 2. The van der Waals surface area contributed by atoms with Crippen LogP contribution >= 0.6 is 11.8 Å². The van der Waals surface area contributed by atoms with E-state index in [0.29, 0.717) is 17.1 Å². The second-order valence-corrected chi connectivity index (χ2v) is 9.08. The van der Waals surface area contributed by atoms with Crippen molar-refractivity contribution < 1.29 is 13.2 Å². The highest BCUT2D eigenvalue weighted by Crippen LogP contribution is 2.21. The molecule has 1 heterocycles. The Morgan fingerprint density at radius 3 is 2.46 bits per heavy atom. The molecule has 144 valence electrons. The Bertz CT molecular complexity index is 1050. The van der Waals surface area contributed by atoms with Crippen molar-refractivity contribution in [3.63, 3.8) is 0 Å². The van der Waals surface area contributed by atoms with Gasteiger partial charge in [0.1, 0.15) is 0 Å². The van der Waals surface area contributed by atoms with Crippen LogP contribution in [0.25, 0.3) is 11.3 Å². The summed E-state index contributed by atoms with van der Waals surface area (Å²) in [6.07, 6.45) is 1.09. The van der Waals surface area contributed by atoms with Crippen LogP contribution in [0.3, 0.4) is 0 Å². The van der Waals surface area contributed by atoms with Gasteiger partial charge in [0.15, 0.2) is 14.9 Å². The number of sulfone groups is 1. The second-order valence-electron chi connectivity index (χ2n) is 6.14. The van der Waals surface area contributed by atoms with E-state index in [1.807, 2.05) is 36.4 Å². The molecule has 0 aliphatic rings. The summed E-state index contributed by atoms with van der Waals surface area (Å²) in [5.74, 6) is 1.04. The van der Waals surface area contributed by atoms with Crippen molar-refractivity contribution in [1.29, 1.82) is 0 Å². The number of hydrogen-bond acceptors (Lipinski definition) is 6. The lowest BCUT2D eigenvalue weighted by atomic mass is 10.1. The number of nitrogens with one attached hydrogen (secondary N) is 1. The molecule has 1 amide bonds. The van der Waals surface area contributed by atoms with E-state index in [4.69, 9.17) is 0 Å².